The molecule has 0 spiro atoms. The summed E-state index contributed by atoms with van der Waals surface area (Å²) >= 11 is 1.75. The van der Waals surface area contributed by atoms with Gasteiger partial charge in [0.1, 0.15) is 0 Å². The molecule has 22 heavy (non-hydrogen) atoms. The number of aryl methyl sites for hydroxylation is 1. The van der Waals surface area contributed by atoms with E-state index in [0.717, 1.165) is 12.1 Å². The Morgan fingerprint density at radius 3 is 2.95 bits per heavy atom. The van der Waals surface area contributed by atoms with Crippen LogP contribution in [-0.2, 0) is 17.8 Å². The third-order valence-corrected chi connectivity index (χ3v) is 5.24. The van der Waals surface area contributed by atoms with E-state index in [-0.39, 0.29) is 5.91 Å². The number of carbonyl (C=O) groups is 1. The lowest BCUT2D eigenvalue weighted by molar-refractivity contribution is -0.118. The molecule has 0 radical (unpaired) electrons. The lowest BCUT2D eigenvalue weighted by Gasteiger charge is -2.24. The summed E-state index contributed by atoms with van der Waals surface area (Å²) in [6, 6.07) is 14.3. The molecule has 1 aliphatic rings. The van der Waals surface area contributed by atoms with Crippen molar-refractivity contribution >= 4 is 17.7 Å². The Morgan fingerprint density at radius 2 is 2.09 bits per heavy atom. The molecule has 0 saturated heterocycles. The first kappa shape index (κ1) is 15.1. The van der Waals surface area contributed by atoms with Crippen LogP contribution in [0.1, 0.15) is 34.9 Å². The Bertz CT molecular complexity index is 630. The minimum absolute atomic E-state index is 0.0821. The summed E-state index contributed by atoms with van der Waals surface area (Å²) in [6.45, 7) is 0.501. The van der Waals surface area contributed by atoms with Crippen LogP contribution in [0, 0.1) is 0 Å². The zero-order valence-corrected chi connectivity index (χ0v) is 13.3. The molecule has 3 rings (SSSR count). The maximum absolute atomic E-state index is 12.0. The smallest absolute Gasteiger partial charge is 0.230 e. The number of pyridine rings is 1. The predicted octanol–water partition coefficient (Wildman–Crippen LogP) is 3.51. The molecule has 3 nitrogen and oxygen atoms in total. The van der Waals surface area contributed by atoms with E-state index in [1.807, 2.05) is 18.2 Å². The summed E-state index contributed by atoms with van der Waals surface area (Å²) in [7, 11) is 0. The number of aromatic nitrogens is 1. The summed E-state index contributed by atoms with van der Waals surface area (Å²) in [5.74, 6) is 0.588. The number of nitrogens with one attached hydrogen (secondary N) is 1. The third-order valence-electron chi connectivity index (χ3n) is 3.92. The first-order valence-electron chi connectivity index (χ1n) is 7.69. The first-order valence-corrected chi connectivity index (χ1v) is 8.74. The van der Waals surface area contributed by atoms with Crippen LogP contribution in [0.15, 0.2) is 48.7 Å². The van der Waals surface area contributed by atoms with Crippen molar-refractivity contribution in [3.8, 4) is 0 Å². The van der Waals surface area contributed by atoms with Crippen LogP contribution in [0.3, 0.4) is 0 Å². The van der Waals surface area contributed by atoms with Crippen molar-refractivity contribution < 1.29 is 4.79 Å². The van der Waals surface area contributed by atoms with E-state index >= 15 is 0 Å². The van der Waals surface area contributed by atoms with E-state index in [1.165, 1.54) is 24.0 Å². The van der Waals surface area contributed by atoms with Crippen molar-refractivity contribution in [3.63, 3.8) is 0 Å². The van der Waals surface area contributed by atoms with Crippen molar-refractivity contribution in [2.24, 2.45) is 0 Å². The minimum atomic E-state index is 0.0821. The van der Waals surface area contributed by atoms with E-state index in [0.29, 0.717) is 17.5 Å². The van der Waals surface area contributed by atoms with Crippen LogP contribution in [0.5, 0.6) is 0 Å². The highest BCUT2D eigenvalue weighted by Crippen LogP contribution is 2.39. The summed E-state index contributed by atoms with van der Waals surface area (Å²) in [6.07, 6.45) is 5.29. The lowest BCUT2D eigenvalue weighted by atomic mass is 9.91. The summed E-state index contributed by atoms with van der Waals surface area (Å²) < 4.78 is 0. The fraction of sp³-hybridized carbons (Fsp3) is 0.333. The van der Waals surface area contributed by atoms with Crippen LogP contribution < -0.4 is 5.32 Å². The normalized spacial score (nSPS) is 16.8. The highest BCUT2D eigenvalue weighted by molar-refractivity contribution is 8.00. The Hall–Kier alpha value is -1.81. The first-order chi connectivity index (χ1) is 10.8. The molecule has 1 unspecified atom stereocenters. The number of fused-ring (bicyclic) bond motifs is 1. The molecule has 0 fully saturated rings. The molecule has 4 heteroatoms. The molecule has 1 aromatic heterocycles. The fourth-order valence-electron chi connectivity index (χ4n) is 2.80. The molecule has 0 aliphatic heterocycles. The molecule has 1 heterocycles. The van der Waals surface area contributed by atoms with Gasteiger partial charge in [-0.2, -0.15) is 0 Å². The Morgan fingerprint density at radius 1 is 1.23 bits per heavy atom. The van der Waals surface area contributed by atoms with Gasteiger partial charge in [-0.1, -0.05) is 30.3 Å². The van der Waals surface area contributed by atoms with Gasteiger partial charge in [-0.15, -0.1) is 11.8 Å². The van der Waals surface area contributed by atoms with Crippen LogP contribution in [0.25, 0.3) is 0 Å². The number of amides is 1. The minimum Gasteiger partial charge on any atom is -0.350 e. The van der Waals surface area contributed by atoms with Gasteiger partial charge in [0.2, 0.25) is 5.91 Å². The highest BCUT2D eigenvalue weighted by atomic mass is 32.2. The number of rotatable bonds is 5. The fourth-order valence-corrected chi connectivity index (χ4v) is 4.00. The van der Waals surface area contributed by atoms with E-state index < -0.39 is 0 Å². The Labute approximate surface area is 135 Å². The Kier molecular flexibility index (Phi) is 5.11. The predicted molar refractivity (Wildman–Crippen MR) is 90.7 cm³/mol. The van der Waals surface area contributed by atoms with Crippen molar-refractivity contribution in [1.29, 1.82) is 0 Å². The number of carbonyl (C=O) groups excluding carboxylic acids is 1. The van der Waals surface area contributed by atoms with Crippen LogP contribution in [0.4, 0.5) is 0 Å². The number of hydrogen-bond donors (Lipinski definition) is 1. The van der Waals surface area contributed by atoms with Crippen molar-refractivity contribution in [2.45, 2.75) is 31.1 Å². The molecular formula is C18H20N2OS. The van der Waals surface area contributed by atoms with Gasteiger partial charge in [0.05, 0.1) is 18.0 Å². The molecule has 1 amide bonds. The maximum atomic E-state index is 12.0. The molecule has 1 aromatic carbocycles. The van der Waals surface area contributed by atoms with Crippen LogP contribution in [-0.4, -0.2) is 16.6 Å². The molecule has 0 bridgehead atoms. The molecule has 1 aliphatic carbocycles. The van der Waals surface area contributed by atoms with Crippen molar-refractivity contribution in [2.75, 3.05) is 5.75 Å². The second-order valence-electron chi connectivity index (χ2n) is 5.49. The van der Waals surface area contributed by atoms with Gasteiger partial charge in [-0.05, 0) is 42.5 Å². The standard InChI is InChI=1S/C18H20N2OS/c21-18(20-12-15-8-3-4-11-19-15)13-22-17-10-5-7-14-6-1-2-9-16(14)17/h1-4,6,8-9,11,17H,5,7,10,12-13H2,(H,20,21). The highest BCUT2D eigenvalue weighted by Gasteiger charge is 2.20. The lowest BCUT2D eigenvalue weighted by Crippen LogP contribution is -2.25. The quantitative estimate of drug-likeness (QED) is 0.918. The van der Waals surface area contributed by atoms with E-state index in [4.69, 9.17) is 0 Å². The summed E-state index contributed by atoms with van der Waals surface area (Å²) in [5, 5.41) is 3.39. The van der Waals surface area contributed by atoms with Crippen LogP contribution in [0.2, 0.25) is 0 Å². The summed E-state index contributed by atoms with van der Waals surface area (Å²) in [4.78, 5) is 16.2. The van der Waals surface area contributed by atoms with Crippen LogP contribution >= 0.6 is 11.8 Å². The van der Waals surface area contributed by atoms with Gasteiger partial charge in [0.25, 0.3) is 0 Å². The SMILES string of the molecule is O=C(CSC1CCCc2ccccc21)NCc1ccccn1. The average molecular weight is 312 g/mol. The number of nitrogens with zero attached hydrogens (tertiary/aromatic N) is 1. The maximum Gasteiger partial charge on any atom is 0.230 e. The number of benzene rings is 1. The molecule has 0 saturated carbocycles. The Balaban J connectivity index is 1.50. The molecule has 114 valence electrons. The van der Waals surface area contributed by atoms with Gasteiger partial charge in [0, 0.05) is 11.4 Å². The number of hydrogen-bond acceptors (Lipinski definition) is 3. The van der Waals surface area contributed by atoms with Gasteiger partial charge < -0.3 is 5.32 Å². The largest absolute Gasteiger partial charge is 0.350 e. The molecule has 1 N–H and O–H groups in total. The second-order valence-corrected chi connectivity index (χ2v) is 6.68. The van der Waals surface area contributed by atoms with Gasteiger partial charge in [-0.25, -0.2) is 0 Å². The molecule has 2 aromatic rings. The topological polar surface area (TPSA) is 42.0 Å². The average Bonchev–Trinajstić information content (AvgIpc) is 2.59. The molecular weight excluding hydrogens is 292 g/mol. The molecule has 1 atom stereocenters. The second kappa shape index (κ2) is 7.45. The monoisotopic (exact) mass is 312 g/mol. The zero-order chi connectivity index (χ0) is 15.2. The van der Waals surface area contributed by atoms with Gasteiger partial charge in [-0.3, -0.25) is 9.78 Å². The van der Waals surface area contributed by atoms with Crippen molar-refractivity contribution in [3.05, 3.63) is 65.5 Å². The van der Waals surface area contributed by atoms with Gasteiger partial charge in [0.15, 0.2) is 0 Å². The van der Waals surface area contributed by atoms with E-state index in [2.05, 4.69) is 34.6 Å². The third kappa shape index (κ3) is 3.89. The van der Waals surface area contributed by atoms with Crippen molar-refractivity contribution in [1.82, 2.24) is 10.3 Å². The van der Waals surface area contributed by atoms with Gasteiger partial charge >= 0.3 is 0 Å². The summed E-state index contributed by atoms with van der Waals surface area (Å²) in [5.41, 5.74) is 3.75. The van der Waals surface area contributed by atoms with E-state index in [9.17, 15) is 4.79 Å². The zero-order valence-electron chi connectivity index (χ0n) is 12.5. The number of thioether (sulfide) groups is 1. The van der Waals surface area contributed by atoms with E-state index in [1.54, 1.807) is 18.0 Å².